The molecule has 0 saturated heterocycles. The van der Waals surface area contributed by atoms with Crippen molar-refractivity contribution in [3.05, 3.63) is 35.6 Å². The van der Waals surface area contributed by atoms with E-state index >= 15 is 0 Å². The first-order valence-electron chi connectivity index (χ1n) is 7.65. The summed E-state index contributed by atoms with van der Waals surface area (Å²) in [5.74, 6) is 0.155. The van der Waals surface area contributed by atoms with Gasteiger partial charge in [0.25, 0.3) is 0 Å². The molecule has 120 valence electrons. The minimum atomic E-state index is -0.142. The van der Waals surface area contributed by atoms with E-state index in [-0.39, 0.29) is 11.9 Å². The van der Waals surface area contributed by atoms with Crippen molar-refractivity contribution in [3.8, 4) is 0 Å². The highest BCUT2D eigenvalue weighted by molar-refractivity contribution is 5.21. The topological polar surface area (TPSA) is 24.5 Å². The fraction of sp³-hybridized carbons (Fsp3) is 0.647. The van der Waals surface area contributed by atoms with Gasteiger partial charge in [-0.05, 0) is 32.9 Å². The maximum Gasteiger partial charge on any atom is 0.127 e. The molecule has 0 saturated carbocycles. The molecule has 21 heavy (non-hydrogen) atoms. The van der Waals surface area contributed by atoms with Gasteiger partial charge in [0.15, 0.2) is 0 Å². The van der Waals surface area contributed by atoms with Crippen molar-refractivity contribution in [2.24, 2.45) is 5.92 Å². The molecule has 0 bridgehead atoms. The minimum absolute atomic E-state index is 0.00925. The third-order valence-electron chi connectivity index (χ3n) is 3.96. The van der Waals surface area contributed by atoms with Crippen LogP contribution in [0.2, 0.25) is 0 Å². The second-order valence-electron chi connectivity index (χ2n) is 5.85. The monoisotopic (exact) mass is 296 g/mol. The zero-order valence-corrected chi connectivity index (χ0v) is 13.9. The fourth-order valence-corrected chi connectivity index (χ4v) is 2.72. The molecule has 1 aromatic rings. The smallest absolute Gasteiger partial charge is 0.127 e. The molecule has 0 heterocycles. The Balaban J connectivity index is 2.78. The summed E-state index contributed by atoms with van der Waals surface area (Å²) in [6, 6.07) is 7.46. The summed E-state index contributed by atoms with van der Waals surface area (Å²) in [5, 5.41) is 3.26. The number of methoxy groups -OCH3 is 1. The normalized spacial score (nSPS) is 14.7. The number of halogens is 1. The molecule has 0 aromatic heterocycles. The molecule has 0 radical (unpaired) electrons. The van der Waals surface area contributed by atoms with Crippen molar-refractivity contribution in [3.63, 3.8) is 0 Å². The summed E-state index contributed by atoms with van der Waals surface area (Å²) in [4.78, 5) is 2.37. The van der Waals surface area contributed by atoms with Crippen LogP contribution in [0.1, 0.15) is 32.4 Å². The van der Waals surface area contributed by atoms with Crippen LogP contribution in [-0.4, -0.2) is 44.8 Å². The van der Waals surface area contributed by atoms with Gasteiger partial charge in [0, 0.05) is 37.8 Å². The molecule has 4 heteroatoms. The fourth-order valence-electron chi connectivity index (χ4n) is 2.72. The van der Waals surface area contributed by atoms with Crippen molar-refractivity contribution >= 4 is 0 Å². The second-order valence-corrected chi connectivity index (χ2v) is 5.85. The lowest BCUT2D eigenvalue weighted by Crippen LogP contribution is -2.40. The van der Waals surface area contributed by atoms with E-state index in [0.29, 0.717) is 12.0 Å². The SMILES string of the molecule is CNC(c1ccccc1F)C(C)CN(CCOC)C(C)C. The first kappa shape index (κ1) is 18.1. The molecule has 0 aliphatic carbocycles. The highest BCUT2D eigenvalue weighted by atomic mass is 19.1. The second kappa shape index (κ2) is 9.13. The van der Waals surface area contributed by atoms with Crippen LogP contribution in [0.3, 0.4) is 0 Å². The molecule has 1 aromatic carbocycles. The van der Waals surface area contributed by atoms with Gasteiger partial charge in [-0.25, -0.2) is 4.39 Å². The average Bonchev–Trinajstić information content (AvgIpc) is 2.45. The summed E-state index contributed by atoms with van der Waals surface area (Å²) in [6.45, 7) is 9.04. The largest absolute Gasteiger partial charge is 0.383 e. The number of rotatable bonds is 9. The van der Waals surface area contributed by atoms with Crippen LogP contribution >= 0.6 is 0 Å². The molecular formula is C17H29FN2O. The summed E-state index contributed by atoms with van der Waals surface area (Å²) in [5.41, 5.74) is 0.739. The summed E-state index contributed by atoms with van der Waals surface area (Å²) < 4.78 is 19.2. The highest BCUT2D eigenvalue weighted by Crippen LogP contribution is 2.25. The molecule has 2 unspecified atom stereocenters. The summed E-state index contributed by atoms with van der Waals surface area (Å²) >= 11 is 0. The van der Waals surface area contributed by atoms with Crippen molar-refractivity contribution < 1.29 is 9.13 Å². The van der Waals surface area contributed by atoms with Crippen LogP contribution in [0.5, 0.6) is 0 Å². The van der Waals surface area contributed by atoms with Gasteiger partial charge in [0.2, 0.25) is 0 Å². The Morgan fingerprint density at radius 2 is 1.90 bits per heavy atom. The van der Waals surface area contributed by atoms with Gasteiger partial charge >= 0.3 is 0 Å². The maximum atomic E-state index is 14.0. The van der Waals surface area contributed by atoms with E-state index in [9.17, 15) is 4.39 Å². The Kier molecular flexibility index (Phi) is 7.86. The van der Waals surface area contributed by atoms with Gasteiger partial charge < -0.3 is 10.1 Å². The number of nitrogens with one attached hydrogen (secondary N) is 1. The number of benzene rings is 1. The Morgan fingerprint density at radius 3 is 2.43 bits per heavy atom. The lowest BCUT2D eigenvalue weighted by molar-refractivity contribution is 0.112. The van der Waals surface area contributed by atoms with Gasteiger partial charge in [0.1, 0.15) is 5.82 Å². The number of ether oxygens (including phenoxy) is 1. The Bertz CT molecular complexity index is 412. The molecule has 3 nitrogen and oxygen atoms in total. The van der Waals surface area contributed by atoms with Crippen LogP contribution in [0.4, 0.5) is 4.39 Å². The van der Waals surface area contributed by atoms with E-state index in [1.807, 2.05) is 19.2 Å². The summed E-state index contributed by atoms with van der Waals surface area (Å²) in [7, 11) is 3.61. The van der Waals surface area contributed by atoms with E-state index in [1.165, 1.54) is 6.07 Å². The molecule has 0 spiro atoms. The molecular weight excluding hydrogens is 267 g/mol. The van der Waals surface area contributed by atoms with Crippen molar-refractivity contribution in [2.75, 3.05) is 33.9 Å². The van der Waals surface area contributed by atoms with E-state index in [4.69, 9.17) is 4.74 Å². The Labute approximate surface area is 128 Å². The predicted octanol–water partition coefficient (Wildman–Crippen LogP) is 3.08. The van der Waals surface area contributed by atoms with E-state index in [2.05, 4.69) is 31.0 Å². The van der Waals surface area contributed by atoms with Gasteiger partial charge in [0.05, 0.1) is 6.61 Å². The average molecular weight is 296 g/mol. The third kappa shape index (κ3) is 5.38. The third-order valence-corrected chi connectivity index (χ3v) is 3.96. The Hall–Kier alpha value is -0.970. The molecule has 0 fully saturated rings. The van der Waals surface area contributed by atoms with Crippen LogP contribution in [0.15, 0.2) is 24.3 Å². The van der Waals surface area contributed by atoms with Gasteiger partial charge in [-0.3, -0.25) is 4.90 Å². The van der Waals surface area contributed by atoms with Crippen LogP contribution < -0.4 is 5.32 Å². The van der Waals surface area contributed by atoms with Crippen LogP contribution in [-0.2, 0) is 4.74 Å². The molecule has 2 atom stereocenters. The quantitative estimate of drug-likeness (QED) is 0.758. The number of hydrogen-bond acceptors (Lipinski definition) is 3. The van der Waals surface area contributed by atoms with Crippen molar-refractivity contribution in [1.29, 1.82) is 0 Å². The summed E-state index contributed by atoms with van der Waals surface area (Å²) in [6.07, 6.45) is 0. The minimum Gasteiger partial charge on any atom is -0.383 e. The molecule has 0 aliphatic rings. The Morgan fingerprint density at radius 1 is 1.24 bits per heavy atom. The standard InChI is InChI=1S/C17H29FN2O/c1-13(2)20(10-11-21-5)12-14(3)17(19-4)15-8-6-7-9-16(15)18/h6-9,13-14,17,19H,10-12H2,1-5H3. The van der Waals surface area contributed by atoms with E-state index in [1.54, 1.807) is 13.2 Å². The maximum absolute atomic E-state index is 14.0. The van der Waals surface area contributed by atoms with E-state index < -0.39 is 0 Å². The first-order chi connectivity index (χ1) is 10.0. The molecule has 0 aliphatic heterocycles. The van der Waals surface area contributed by atoms with E-state index in [0.717, 1.165) is 25.3 Å². The number of hydrogen-bond donors (Lipinski definition) is 1. The molecule has 1 rings (SSSR count). The van der Waals surface area contributed by atoms with Crippen molar-refractivity contribution in [1.82, 2.24) is 10.2 Å². The van der Waals surface area contributed by atoms with Crippen LogP contribution in [0, 0.1) is 11.7 Å². The zero-order chi connectivity index (χ0) is 15.8. The number of nitrogens with zero attached hydrogens (tertiary/aromatic N) is 1. The zero-order valence-electron chi connectivity index (χ0n) is 13.9. The van der Waals surface area contributed by atoms with Gasteiger partial charge in [-0.15, -0.1) is 0 Å². The molecule has 0 amide bonds. The van der Waals surface area contributed by atoms with Gasteiger partial charge in [-0.1, -0.05) is 25.1 Å². The van der Waals surface area contributed by atoms with Crippen molar-refractivity contribution in [2.45, 2.75) is 32.9 Å². The lowest BCUT2D eigenvalue weighted by atomic mass is 9.93. The first-order valence-corrected chi connectivity index (χ1v) is 7.65. The van der Waals surface area contributed by atoms with Gasteiger partial charge in [-0.2, -0.15) is 0 Å². The molecule has 1 N–H and O–H groups in total. The lowest BCUT2D eigenvalue weighted by Gasteiger charge is -2.33. The van der Waals surface area contributed by atoms with Crippen LogP contribution in [0.25, 0.3) is 0 Å². The predicted molar refractivity (Wildman–Crippen MR) is 85.9 cm³/mol. The highest BCUT2D eigenvalue weighted by Gasteiger charge is 2.23.